The molecule has 0 saturated heterocycles. The molecule has 0 spiro atoms. The molecule has 2 aromatic carbocycles. The van der Waals surface area contributed by atoms with Gasteiger partial charge in [-0.25, -0.2) is 13.2 Å². The Balaban J connectivity index is 1.68. The summed E-state index contributed by atoms with van der Waals surface area (Å²) in [6.45, 7) is 3.34. The normalized spacial score (nSPS) is 12.1. The van der Waals surface area contributed by atoms with Gasteiger partial charge in [0.15, 0.2) is 6.61 Å². The lowest BCUT2D eigenvalue weighted by Gasteiger charge is -2.23. The zero-order valence-electron chi connectivity index (χ0n) is 17.7. The molecular formula is C23H24N2O5S2. The van der Waals surface area contributed by atoms with E-state index in [0.29, 0.717) is 5.69 Å². The number of rotatable bonds is 9. The number of carbonyl (C=O) groups excluding carboxylic acids is 2. The van der Waals surface area contributed by atoms with Gasteiger partial charge in [-0.05, 0) is 55.6 Å². The zero-order valence-corrected chi connectivity index (χ0v) is 19.4. The lowest BCUT2D eigenvalue weighted by atomic mass is 10.2. The molecule has 32 heavy (non-hydrogen) atoms. The van der Waals surface area contributed by atoms with Gasteiger partial charge in [-0.3, -0.25) is 9.10 Å². The summed E-state index contributed by atoms with van der Waals surface area (Å²) in [4.78, 5) is 25.5. The van der Waals surface area contributed by atoms with Crippen molar-refractivity contribution in [1.29, 1.82) is 0 Å². The molecule has 1 heterocycles. The quantitative estimate of drug-likeness (QED) is 0.475. The van der Waals surface area contributed by atoms with E-state index in [2.05, 4.69) is 5.32 Å². The number of hydrogen-bond acceptors (Lipinski definition) is 6. The van der Waals surface area contributed by atoms with Gasteiger partial charge >= 0.3 is 5.97 Å². The first-order valence-electron chi connectivity index (χ1n) is 10.0. The number of hydrogen-bond donors (Lipinski definition) is 1. The second-order valence-corrected chi connectivity index (χ2v) is 9.76. The smallest absolute Gasteiger partial charge is 0.338 e. The first-order chi connectivity index (χ1) is 15.3. The topological polar surface area (TPSA) is 92.8 Å². The van der Waals surface area contributed by atoms with Crippen LogP contribution in [0.3, 0.4) is 0 Å². The number of carbonyl (C=O) groups is 2. The molecule has 1 N–H and O–H groups in total. The van der Waals surface area contributed by atoms with Crippen LogP contribution in [0.1, 0.15) is 35.1 Å². The van der Waals surface area contributed by atoms with Crippen molar-refractivity contribution in [3.63, 3.8) is 0 Å². The van der Waals surface area contributed by atoms with Gasteiger partial charge < -0.3 is 10.1 Å². The highest BCUT2D eigenvalue weighted by Gasteiger charge is 2.25. The number of benzene rings is 2. The molecule has 168 valence electrons. The van der Waals surface area contributed by atoms with Crippen molar-refractivity contribution >= 4 is 38.9 Å². The molecule has 0 aliphatic carbocycles. The lowest BCUT2D eigenvalue weighted by Crippen LogP contribution is -2.31. The largest absolute Gasteiger partial charge is 0.452 e. The van der Waals surface area contributed by atoms with E-state index in [0.717, 1.165) is 4.88 Å². The average molecular weight is 473 g/mol. The molecule has 0 bridgehead atoms. The van der Waals surface area contributed by atoms with Crippen molar-refractivity contribution < 1.29 is 22.7 Å². The summed E-state index contributed by atoms with van der Waals surface area (Å²) < 4.78 is 32.7. The Labute approximate surface area is 191 Å². The van der Waals surface area contributed by atoms with Crippen LogP contribution in [0.15, 0.2) is 77.0 Å². The van der Waals surface area contributed by atoms with E-state index in [4.69, 9.17) is 4.74 Å². The number of amides is 1. The van der Waals surface area contributed by atoms with Crippen LogP contribution in [0.25, 0.3) is 0 Å². The molecule has 3 aromatic rings. The standard InChI is InChI=1S/C23H24N2O5S2/c1-3-25(19-10-5-4-6-11-19)32(28,29)20-12-7-9-18(15-20)23(27)30-16-22(26)24-17(2)21-13-8-14-31-21/h4-15,17H,3,16H2,1-2H3,(H,24,26). The molecule has 7 nitrogen and oxygen atoms in total. The van der Waals surface area contributed by atoms with Gasteiger partial charge in [0.05, 0.1) is 22.2 Å². The molecule has 0 radical (unpaired) electrons. The molecule has 9 heteroatoms. The molecule has 0 saturated carbocycles. The Kier molecular flexibility index (Phi) is 7.66. The number of ether oxygens (including phenoxy) is 1. The van der Waals surface area contributed by atoms with E-state index in [1.54, 1.807) is 37.3 Å². The van der Waals surface area contributed by atoms with E-state index < -0.39 is 28.5 Å². The second kappa shape index (κ2) is 10.4. The minimum absolute atomic E-state index is 0.0339. The summed E-state index contributed by atoms with van der Waals surface area (Å²) in [7, 11) is -3.89. The summed E-state index contributed by atoms with van der Waals surface area (Å²) in [5.74, 6) is -1.21. The molecule has 1 unspecified atom stereocenters. The first-order valence-corrected chi connectivity index (χ1v) is 12.3. The van der Waals surface area contributed by atoms with Crippen LogP contribution in [0.5, 0.6) is 0 Å². The third kappa shape index (κ3) is 5.54. The third-order valence-corrected chi connectivity index (χ3v) is 7.62. The molecule has 0 aliphatic rings. The summed E-state index contributed by atoms with van der Waals surface area (Å²) in [5, 5.41) is 4.67. The number of sulfonamides is 1. The summed E-state index contributed by atoms with van der Waals surface area (Å²) in [6.07, 6.45) is 0. The Morgan fingerprint density at radius 2 is 1.81 bits per heavy atom. The predicted octanol–water partition coefficient (Wildman–Crippen LogP) is 4.00. The van der Waals surface area contributed by atoms with Gasteiger partial charge in [-0.2, -0.15) is 0 Å². The molecule has 3 rings (SSSR count). The highest BCUT2D eigenvalue weighted by atomic mass is 32.2. The first kappa shape index (κ1) is 23.5. The van der Waals surface area contributed by atoms with Crippen LogP contribution in [-0.4, -0.2) is 33.4 Å². The van der Waals surface area contributed by atoms with Crippen molar-refractivity contribution in [2.24, 2.45) is 0 Å². The fraction of sp³-hybridized carbons (Fsp3) is 0.217. The van der Waals surface area contributed by atoms with E-state index in [-0.39, 0.29) is 23.0 Å². The molecule has 0 fully saturated rings. The monoisotopic (exact) mass is 472 g/mol. The zero-order chi connectivity index (χ0) is 23.1. The maximum atomic E-state index is 13.1. The molecular weight excluding hydrogens is 448 g/mol. The predicted molar refractivity (Wildman–Crippen MR) is 124 cm³/mol. The molecule has 0 aliphatic heterocycles. The number of anilines is 1. The van der Waals surface area contributed by atoms with Crippen molar-refractivity contribution in [2.75, 3.05) is 17.5 Å². The Morgan fingerprint density at radius 1 is 1.06 bits per heavy atom. The van der Waals surface area contributed by atoms with Gasteiger partial charge in [0.1, 0.15) is 0 Å². The Hall–Kier alpha value is -3.17. The summed E-state index contributed by atoms with van der Waals surface area (Å²) >= 11 is 1.52. The minimum Gasteiger partial charge on any atom is -0.452 e. The fourth-order valence-corrected chi connectivity index (χ4v) is 5.36. The van der Waals surface area contributed by atoms with Gasteiger partial charge in [-0.15, -0.1) is 11.3 Å². The molecule has 1 aromatic heterocycles. The van der Waals surface area contributed by atoms with Crippen LogP contribution < -0.4 is 9.62 Å². The van der Waals surface area contributed by atoms with Gasteiger partial charge in [0, 0.05) is 11.4 Å². The number of para-hydroxylation sites is 1. The maximum absolute atomic E-state index is 13.1. The van der Waals surface area contributed by atoms with E-state index >= 15 is 0 Å². The van der Waals surface area contributed by atoms with E-state index in [1.807, 2.05) is 24.4 Å². The van der Waals surface area contributed by atoms with Crippen molar-refractivity contribution in [3.8, 4) is 0 Å². The third-order valence-electron chi connectivity index (χ3n) is 4.67. The number of nitrogens with one attached hydrogen (secondary N) is 1. The highest BCUT2D eigenvalue weighted by Crippen LogP contribution is 2.24. The van der Waals surface area contributed by atoms with Crippen molar-refractivity contribution in [2.45, 2.75) is 24.8 Å². The van der Waals surface area contributed by atoms with Crippen LogP contribution in [-0.2, 0) is 19.6 Å². The average Bonchev–Trinajstić information content (AvgIpc) is 3.34. The number of esters is 1. The summed E-state index contributed by atoms with van der Waals surface area (Å²) in [6, 6.07) is 17.9. The van der Waals surface area contributed by atoms with Crippen LogP contribution in [0.2, 0.25) is 0 Å². The minimum atomic E-state index is -3.89. The Morgan fingerprint density at radius 3 is 2.47 bits per heavy atom. The summed E-state index contributed by atoms with van der Waals surface area (Å²) in [5.41, 5.74) is 0.578. The van der Waals surface area contributed by atoms with Crippen LogP contribution in [0, 0.1) is 0 Å². The van der Waals surface area contributed by atoms with E-state index in [9.17, 15) is 18.0 Å². The lowest BCUT2D eigenvalue weighted by molar-refractivity contribution is -0.124. The van der Waals surface area contributed by atoms with Crippen molar-refractivity contribution in [1.82, 2.24) is 5.32 Å². The fourth-order valence-electron chi connectivity index (χ4n) is 3.10. The van der Waals surface area contributed by atoms with Gasteiger partial charge in [-0.1, -0.05) is 30.3 Å². The maximum Gasteiger partial charge on any atom is 0.338 e. The second-order valence-electron chi connectivity index (χ2n) is 6.91. The van der Waals surface area contributed by atoms with Gasteiger partial charge in [0.2, 0.25) is 0 Å². The van der Waals surface area contributed by atoms with Crippen LogP contribution in [0.4, 0.5) is 5.69 Å². The molecule has 1 atom stereocenters. The van der Waals surface area contributed by atoms with Crippen LogP contribution >= 0.6 is 11.3 Å². The van der Waals surface area contributed by atoms with E-state index in [1.165, 1.54) is 39.9 Å². The Bertz CT molecular complexity index is 1160. The SMILES string of the molecule is CCN(c1ccccc1)S(=O)(=O)c1cccc(C(=O)OCC(=O)NC(C)c2cccs2)c1. The van der Waals surface area contributed by atoms with Crippen molar-refractivity contribution in [3.05, 3.63) is 82.6 Å². The highest BCUT2D eigenvalue weighted by molar-refractivity contribution is 7.92. The van der Waals surface area contributed by atoms with Gasteiger partial charge in [0.25, 0.3) is 15.9 Å². The molecule has 1 amide bonds. The number of thiophene rings is 1. The number of nitrogens with zero attached hydrogens (tertiary/aromatic N) is 1.